The van der Waals surface area contributed by atoms with E-state index in [-0.39, 0.29) is 29.5 Å². The lowest BCUT2D eigenvalue weighted by Crippen LogP contribution is -2.51. The summed E-state index contributed by atoms with van der Waals surface area (Å²) in [5, 5.41) is 0. The maximum Gasteiger partial charge on any atom is 0.308 e. The summed E-state index contributed by atoms with van der Waals surface area (Å²) in [4.78, 5) is 101. The summed E-state index contributed by atoms with van der Waals surface area (Å²) in [6.07, 6.45) is -0.518. The number of carbonyl (C=O) groups excluding carboxylic acids is 8. The standard InChI is InChI=1S/C34H40O15/c1-15(35)43-13-22(14-44-16(2)36)24-28(46-18(4)38)25-26(30(48-20(6)40)29(24)47-19(5)39)34(10)12-11-23(45-17(3)37)33(8,9)32(34)31(27(25)42)49-21(7)41/h22-23H,11-14H2,1-10H3/t23-,34-/m1/s1. The van der Waals surface area contributed by atoms with E-state index in [4.69, 9.17) is 33.2 Å². The van der Waals surface area contributed by atoms with Crippen LogP contribution in [0.15, 0.2) is 11.3 Å². The Labute approximate surface area is 282 Å². The zero-order valence-corrected chi connectivity index (χ0v) is 29.1. The van der Waals surface area contributed by atoms with Gasteiger partial charge in [-0.15, -0.1) is 0 Å². The van der Waals surface area contributed by atoms with Crippen molar-refractivity contribution in [3.8, 4) is 17.2 Å². The smallest absolute Gasteiger partial charge is 0.308 e. The molecule has 0 N–H and O–H groups in total. The fraction of sp³-hybridized carbons (Fsp3) is 0.529. The molecule has 3 rings (SSSR count). The highest BCUT2D eigenvalue weighted by Gasteiger charge is 2.59. The summed E-state index contributed by atoms with van der Waals surface area (Å²) in [7, 11) is 0. The van der Waals surface area contributed by atoms with E-state index < -0.39 is 112 Å². The topological polar surface area (TPSA) is 201 Å². The molecule has 2 aliphatic carbocycles. The van der Waals surface area contributed by atoms with E-state index in [0.29, 0.717) is 0 Å². The van der Waals surface area contributed by atoms with Gasteiger partial charge in [-0.25, -0.2) is 0 Å². The predicted molar refractivity (Wildman–Crippen MR) is 165 cm³/mol. The molecule has 0 aromatic heterocycles. The minimum Gasteiger partial charge on any atom is -0.465 e. The van der Waals surface area contributed by atoms with E-state index in [2.05, 4.69) is 0 Å². The van der Waals surface area contributed by atoms with Crippen molar-refractivity contribution in [3.63, 3.8) is 0 Å². The second-order valence-electron chi connectivity index (χ2n) is 12.6. The number of allylic oxidation sites excluding steroid dienone is 1. The Morgan fingerprint density at radius 1 is 0.653 bits per heavy atom. The molecule has 2 atom stereocenters. The maximum absolute atomic E-state index is 14.8. The lowest BCUT2D eigenvalue weighted by molar-refractivity contribution is -0.154. The van der Waals surface area contributed by atoms with Crippen LogP contribution in [-0.2, 0) is 57.9 Å². The Balaban J connectivity index is 2.69. The van der Waals surface area contributed by atoms with Crippen LogP contribution in [-0.4, -0.2) is 66.9 Å². The van der Waals surface area contributed by atoms with Gasteiger partial charge in [-0.05, 0) is 18.4 Å². The Kier molecular flexibility index (Phi) is 11.4. The van der Waals surface area contributed by atoms with Crippen molar-refractivity contribution in [2.24, 2.45) is 5.41 Å². The SMILES string of the molecule is CC(=O)OCC(COC(C)=O)c1c(OC(C)=O)c(OC(C)=O)c2c(c1OC(C)=O)C(=O)C(OC(C)=O)=C1C(C)(C)[C@H](OC(C)=O)CC[C@@]12C. The first kappa shape index (κ1) is 38.4. The average molecular weight is 689 g/mol. The van der Waals surface area contributed by atoms with Crippen molar-refractivity contribution < 1.29 is 71.5 Å². The van der Waals surface area contributed by atoms with Crippen molar-refractivity contribution in [2.45, 2.75) is 99.5 Å². The highest BCUT2D eigenvalue weighted by atomic mass is 16.6. The summed E-state index contributed by atoms with van der Waals surface area (Å²) >= 11 is 0. The number of hydrogen-bond donors (Lipinski definition) is 0. The van der Waals surface area contributed by atoms with Crippen molar-refractivity contribution in [1.82, 2.24) is 0 Å². The van der Waals surface area contributed by atoms with E-state index in [9.17, 15) is 38.4 Å². The van der Waals surface area contributed by atoms with Crippen LogP contribution in [0.3, 0.4) is 0 Å². The Hall–Kier alpha value is -5.08. The molecule has 1 fully saturated rings. The highest BCUT2D eigenvalue weighted by molar-refractivity contribution is 6.15. The van der Waals surface area contributed by atoms with Crippen molar-refractivity contribution in [2.75, 3.05) is 13.2 Å². The Bertz CT molecular complexity index is 1650. The molecule has 15 heteroatoms. The maximum atomic E-state index is 14.8. The van der Waals surface area contributed by atoms with Gasteiger partial charge < -0.3 is 33.2 Å². The largest absolute Gasteiger partial charge is 0.465 e. The monoisotopic (exact) mass is 688 g/mol. The van der Waals surface area contributed by atoms with Crippen LogP contribution < -0.4 is 14.2 Å². The molecular weight excluding hydrogens is 648 g/mol. The van der Waals surface area contributed by atoms with Crippen molar-refractivity contribution >= 4 is 47.6 Å². The first-order valence-corrected chi connectivity index (χ1v) is 15.3. The van der Waals surface area contributed by atoms with E-state index in [0.717, 1.165) is 41.5 Å². The van der Waals surface area contributed by atoms with E-state index >= 15 is 0 Å². The van der Waals surface area contributed by atoms with Gasteiger partial charge in [0.05, 0.1) is 17.0 Å². The number of Topliss-reactive ketones (excluding diaryl/α,β-unsaturated/α-hetero) is 1. The van der Waals surface area contributed by atoms with Gasteiger partial charge in [0.15, 0.2) is 17.3 Å². The summed E-state index contributed by atoms with van der Waals surface area (Å²) in [6, 6.07) is 0. The van der Waals surface area contributed by atoms with Gasteiger partial charge in [-0.3, -0.25) is 38.4 Å². The molecule has 0 unspecified atom stereocenters. The third-order valence-electron chi connectivity index (χ3n) is 8.19. The van der Waals surface area contributed by atoms with Crippen LogP contribution in [0.25, 0.3) is 0 Å². The molecule has 15 nitrogen and oxygen atoms in total. The fourth-order valence-electron chi connectivity index (χ4n) is 6.65. The predicted octanol–water partition coefficient (Wildman–Crippen LogP) is 3.70. The van der Waals surface area contributed by atoms with E-state index in [1.807, 2.05) is 0 Å². The molecule has 49 heavy (non-hydrogen) atoms. The normalized spacial score (nSPS) is 19.2. The van der Waals surface area contributed by atoms with Crippen LogP contribution in [0.1, 0.15) is 109 Å². The molecule has 1 aromatic rings. The minimum atomic E-state index is -1.40. The zero-order chi connectivity index (χ0) is 37.2. The number of benzene rings is 1. The lowest BCUT2D eigenvalue weighted by Gasteiger charge is -2.52. The number of ketones is 1. The second-order valence-corrected chi connectivity index (χ2v) is 12.6. The second kappa shape index (κ2) is 14.6. The summed E-state index contributed by atoms with van der Waals surface area (Å²) < 4.78 is 38.8. The van der Waals surface area contributed by atoms with Gasteiger partial charge in [0.2, 0.25) is 5.78 Å². The third-order valence-corrected chi connectivity index (χ3v) is 8.19. The van der Waals surface area contributed by atoms with E-state index in [1.54, 1.807) is 20.8 Å². The first-order valence-electron chi connectivity index (χ1n) is 15.3. The molecule has 0 heterocycles. The first-order chi connectivity index (χ1) is 22.6. The number of carbonyl (C=O) groups is 8. The molecule has 0 aliphatic heterocycles. The number of esters is 7. The molecule has 2 aliphatic rings. The van der Waals surface area contributed by atoms with Gasteiger partial charge in [0, 0.05) is 64.9 Å². The molecule has 1 aromatic carbocycles. The molecule has 0 spiro atoms. The molecular formula is C34H40O15. The zero-order valence-electron chi connectivity index (χ0n) is 29.1. The molecule has 0 radical (unpaired) electrons. The number of fused-ring (bicyclic) bond motifs is 3. The van der Waals surface area contributed by atoms with Crippen LogP contribution in [0.4, 0.5) is 0 Å². The van der Waals surface area contributed by atoms with Crippen LogP contribution in [0, 0.1) is 5.41 Å². The van der Waals surface area contributed by atoms with Crippen molar-refractivity contribution in [1.29, 1.82) is 0 Å². The average Bonchev–Trinajstić information content (AvgIpc) is 2.93. The van der Waals surface area contributed by atoms with E-state index in [1.165, 1.54) is 6.92 Å². The van der Waals surface area contributed by atoms with Gasteiger partial charge in [0.1, 0.15) is 25.1 Å². The van der Waals surface area contributed by atoms with Gasteiger partial charge in [-0.1, -0.05) is 20.8 Å². The fourth-order valence-corrected chi connectivity index (χ4v) is 6.65. The number of hydrogen-bond acceptors (Lipinski definition) is 15. The van der Waals surface area contributed by atoms with Gasteiger partial charge in [0.25, 0.3) is 0 Å². The molecule has 266 valence electrons. The number of ether oxygens (including phenoxy) is 7. The quantitative estimate of drug-likeness (QED) is 0.195. The van der Waals surface area contributed by atoms with Crippen LogP contribution in [0.5, 0.6) is 17.2 Å². The molecule has 0 amide bonds. The highest BCUT2D eigenvalue weighted by Crippen LogP contribution is 2.63. The van der Waals surface area contributed by atoms with Gasteiger partial charge >= 0.3 is 41.8 Å². The Morgan fingerprint density at radius 3 is 1.57 bits per heavy atom. The molecule has 0 saturated heterocycles. The molecule has 1 saturated carbocycles. The summed E-state index contributed by atoms with van der Waals surface area (Å²) in [5.74, 6) is -9.89. The van der Waals surface area contributed by atoms with Gasteiger partial charge in [-0.2, -0.15) is 0 Å². The Morgan fingerprint density at radius 2 is 1.12 bits per heavy atom. The van der Waals surface area contributed by atoms with Crippen LogP contribution >= 0.6 is 0 Å². The lowest BCUT2D eigenvalue weighted by atomic mass is 9.53. The third kappa shape index (κ3) is 7.98. The van der Waals surface area contributed by atoms with Crippen molar-refractivity contribution in [3.05, 3.63) is 28.0 Å². The molecule has 0 bridgehead atoms. The van der Waals surface area contributed by atoms with Crippen LogP contribution in [0.2, 0.25) is 0 Å². The minimum absolute atomic E-state index is 0.0528. The summed E-state index contributed by atoms with van der Waals surface area (Å²) in [5.41, 5.74) is -3.13. The summed E-state index contributed by atoms with van der Waals surface area (Å²) in [6.45, 7) is 11.6. The number of rotatable bonds is 10.